The summed E-state index contributed by atoms with van der Waals surface area (Å²) in [5.41, 5.74) is 11.5. The molecule has 2 aliphatic rings. The lowest BCUT2D eigenvalue weighted by atomic mass is 10.1. The van der Waals surface area contributed by atoms with Gasteiger partial charge in [0.15, 0.2) is 11.6 Å². The molecule has 2 aromatic carbocycles. The zero-order chi connectivity index (χ0) is 28.2. The molecule has 0 saturated heterocycles. The summed E-state index contributed by atoms with van der Waals surface area (Å²) in [6.07, 6.45) is 1.92. The van der Waals surface area contributed by atoms with Gasteiger partial charge in [-0.25, -0.2) is 0 Å². The fraction of sp³-hybridized carbons (Fsp3) is 0.281. The highest BCUT2D eigenvalue weighted by atomic mass is 16.3. The van der Waals surface area contributed by atoms with E-state index in [1.54, 1.807) is 0 Å². The van der Waals surface area contributed by atoms with Gasteiger partial charge in [-0.2, -0.15) is 0 Å². The van der Waals surface area contributed by atoms with Gasteiger partial charge in [-0.1, -0.05) is 44.2 Å². The van der Waals surface area contributed by atoms with Crippen LogP contribution < -0.4 is 16.4 Å². The average Bonchev–Trinajstić information content (AvgIpc) is 3.80. The number of furan rings is 1. The molecule has 2 atom stereocenters. The smallest absolute Gasteiger partial charge is 0.170 e. The van der Waals surface area contributed by atoms with Crippen LogP contribution in [0.3, 0.4) is 0 Å². The predicted octanol–water partition coefficient (Wildman–Crippen LogP) is 5.72. The van der Waals surface area contributed by atoms with Crippen LogP contribution in [0.1, 0.15) is 39.0 Å². The number of aromatic amines is 1. The molecule has 7 rings (SSSR count). The van der Waals surface area contributed by atoms with Crippen molar-refractivity contribution in [2.75, 3.05) is 20.1 Å². The first kappa shape index (κ1) is 27.1. The molecule has 0 amide bonds. The minimum atomic E-state index is 0.343. The number of aromatic nitrogens is 2. The summed E-state index contributed by atoms with van der Waals surface area (Å²) in [5.74, 6) is 2.58. The Morgan fingerprint density at radius 1 is 0.750 bits per heavy atom. The third-order valence-electron chi connectivity index (χ3n) is 6.83. The Labute approximate surface area is 234 Å². The number of pyridine rings is 1. The van der Waals surface area contributed by atoms with Gasteiger partial charge < -0.3 is 25.8 Å². The lowest BCUT2D eigenvalue weighted by molar-refractivity contribution is 0.599. The minimum absolute atomic E-state index is 0.343. The predicted molar refractivity (Wildman–Crippen MR) is 166 cm³/mol. The van der Waals surface area contributed by atoms with Crippen LogP contribution in [0.4, 0.5) is 0 Å². The van der Waals surface area contributed by atoms with E-state index >= 15 is 0 Å². The van der Waals surface area contributed by atoms with Gasteiger partial charge in [0.1, 0.15) is 11.4 Å². The summed E-state index contributed by atoms with van der Waals surface area (Å²) < 4.78 is 6.11. The maximum Gasteiger partial charge on any atom is 0.170 e. The molecular weight excluding hydrogens is 498 g/mol. The van der Waals surface area contributed by atoms with Crippen molar-refractivity contribution in [3.05, 3.63) is 78.2 Å². The van der Waals surface area contributed by atoms with Crippen molar-refractivity contribution in [3.63, 3.8) is 0 Å². The normalized spacial score (nSPS) is 17.8. The quantitative estimate of drug-likeness (QED) is 0.235. The summed E-state index contributed by atoms with van der Waals surface area (Å²) in [6.45, 7) is 9.85. The van der Waals surface area contributed by atoms with Crippen LogP contribution in [-0.4, -0.2) is 53.9 Å². The number of amidine groups is 2. The number of H-pyrrole nitrogens is 1. The van der Waals surface area contributed by atoms with Crippen molar-refractivity contribution in [3.8, 4) is 22.5 Å². The van der Waals surface area contributed by atoms with E-state index in [0.717, 1.165) is 80.5 Å². The lowest BCUT2D eigenvalue weighted by Gasteiger charge is -2.05. The second kappa shape index (κ2) is 11.8. The van der Waals surface area contributed by atoms with Crippen molar-refractivity contribution in [1.29, 1.82) is 0 Å². The Morgan fingerprint density at radius 2 is 1.43 bits per heavy atom. The fourth-order valence-corrected chi connectivity index (χ4v) is 4.89. The largest absolute Gasteiger partial charge is 0.453 e. The number of nitrogens with one attached hydrogen (secondary N) is 3. The molecule has 0 saturated carbocycles. The molecule has 2 unspecified atom stereocenters. The molecule has 0 radical (unpaired) electrons. The molecule has 206 valence electrons. The zero-order valence-corrected chi connectivity index (χ0v) is 23.7. The number of fused-ring (bicyclic) bond motifs is 2. The SMILES string of the molecule is CC.CC1CN=C(c2ccc3cc(-c4ccc(-c5ccc6cc(C7=NCC(C)N7)oc6c5)cn4)[nH]c3c2)N1.CN. The van der Waals surface area contributed by atoms with E-state index in [0.29, 0.717) is 12.1 Å². The van der Waals surface area contributed by atoms with E-state index in [1.807, 2.05) is 26.1 Å². The number of aliphatic imine (C=N–C) groups is 2. The Bertz CT molecular complexity index is 1630. The van der Waals surface area contributed by atoms with Gasteiger partial charge in [0.25, 0.3) is 0 Å². The highest BCUT2D eigenvalue weighted by molar-refractivity contribution is 6.03. The minimum Gasteiger partial charge on any atom is -0.453 e. The lowest BCUT2D eigenvalue weighted by Crippen LogP contribution is -2.27. The molecule has 2 aliphatic heterocycles. The Kier molecular flexibility index (Phi) is 7.98. The van der Waals surface area contributed by atoms with Crippen molar-refractivity contribution in [1.82, 2.24) is 20.6 Å². The molecule has 8 nitrogen and oxygen atoms in total. The standard InChI is InChI=1S/C29H26N6O.C2H6.CH5N/c1-16-13-31-28(33-16)21-6-4-19-9-25(35-24(19)10-21)23-8-7-22(15-30-23)18-3-5-20-12-27(36-26(20)11-18)29-32-14-17(2)34-29;2*1-2/h3-12,15-17,35H,13-14H2,1-2H3,(H,31,33)(H,32,34);1-2H3;2H2,1H3. The zero-order valence-electron chi connectivity index (χ0n) is 23.7. The van der Waals surface area contributed by atoms with E-state index in [-0.39, 0.29) is 0 Å². The maximum atomic E-state index is 6.11. The first-order valence-electron chi connectivity index (χ1n) is 13.9. The number of nitrogens with zero attached hydrogens (tertiary/aromatic N) is 3. The molecule has 0 bridgehead atoms. The van der Waals surface area contributed by atoms with E-state index in [4.69, 9.17) is 9.40 Å². The third-order valence-corrected chi connectivity index (χ3v) is 6.83. The first-order chi connectivity index (χ1) is 19.6. The second-order valence-electron chi connectivity index (χ2n) is 9.75. The van der Waals surface area contributed by atoms with Crippen LogP contribution >= 0.6 is 0 Å². The van der Waals surface area contributed by atoms with Gasteiger partial charge in [0, 0.05) is 45.7 Å². The van der Waals surface area contributed by atoms with Crippen LogP contribution in [0, 0.1) is 0 Å². The summed E-state index contributed by atoms with van der Waals surface area (Å²) in [5, 5.41) is 9.01. The third kappa shape index (κ3) is 5.35. The molecule has 0 spiro atoms. The van der Waals surface area contributed by atoms with Gasteiger partial charge in [-0.05, 0) is 56.8 Å². The molecule has 40 heavy (non-hydrogen) atoms. The molecular formula is C32H37N7O. The fourth-order valence-electron chi connectivity index (χ4n) is 4.89. The van der Waals surface area contributed by atoms with E-state index in [1.165, 1.54) is 7.05 Å². The molecule has 3 aromatic heterocycles. The van der Waals surface area contributed by atoms with E-state index in [2.05, 4.69) is 99.8 Å². The first-order valence-corrected chi connectivity index (χ1v) is 13.9. The van der Waals surface area contributed by atoms with Gasteiger partial charge in [-0.15, -0.1) is 0 Å². The van der Waals surface area contributed by atoms with Crippen LogP contribution in [0.2, 0.25) is 0 Å². The van der Waals surface area contributed by atoms with Crippen LogP contribution in [0.15, 0.2) is 81.3 Å². The van der Waals surface area contributed by atoms with Gasteiger partial charge in [0.2, 0.25) is 0 Å². The number of benzene rings is 2. The number of rotatable bonds is 4. The molecule has 5 heterocycles. The van der Waals surface area contributed by atoms with Crippen LogP contribution in [-0.2, 0) is 0 Å². The van der Waals surface area contributed by atoms with Crippen molar-refractivity contribution in [2.45, 2.75) is 39.8 Å². The van der Waals surface area contributed by atoms with Crippen molar-refractivity contribution >= 4 is 33.5 Å². The maximum absolute atomic E-state index is 6.11. The molecule has 0 fully saturated rings. The summed E-state index contributed by atoms with van der Waals surface area (Å²) in [7, 11) is 1.50. The number of hydrogen-bond acceptors (Lipinski definition) is 7. The Balaban J connectivity index is 0.000000774. The summed E-state index contributed by atoms with van der Waals surface area (Å²) in [6, 6.07) is 21.7. The summed E-state index contributed by atoms with van der Waals surface area (Å²) >= 11 is 0. The molecule has 0 aliphatic carbocycles. The van der Waals surface area contributed by atoms with Gasteiger partial charge in [0.05, 0.1) is 24.5 Å². The molecule has 5 N–H and O–H groups in total. The van der Waals surface area contributed by atoms with E-state index < -0.39 is 0 Å². The second-order valence-corrected chi connectivity index (χ2v) is 9.75. The Hall–Kier alpha value is -4.43. The van der Waals surface area contributed by atoms with Gasteiger partial charge in [-0.3, -0.25) is 15.0 Å². The highest BCUT2D eigenvalue weighted by Crippen LogP contribution is 2.29. The number of nitrogens with two attached hydrogens (primary N) is 1. The monoisotopic (exact) mass is 535 g/mol. The van der Waals surface area contributed by atoms with Crippen molar-refractivity contribution < 1.29 is 4.42 Å². The highest BCUT2D eigenvalue weighted by Gasteiger charge is 2.18. The Morgan fingerprint density at radius 3 is 2.10 bits per heavy atom. The van der Waals surface area contributed by atoms with Crippen LogP contribution in [0.5, 0.6) is 0 Å². The average molecular weight is 536 g/mol. The van der Waals surface area contributed by atoms with E-state index in [9.17, 15) is 0 Å². The molecule has 5 aromatic rings. The number of hydrogen-bond donors (Lipinski definition) is 4. The van der Waals surface area contributed by atoms with Crippen LogP contribution in [0.25, 0.3) is 44.4 Å². The molecule has 8 heteroatoms. The topological polar surface area (TPSA) is 117 Å². The van der Waals surface area contributed by atoms with Crippen molar-refractivity contribution in [2.24, 2.45) is 15.7 Å². The summed E-state index contributed by atoms with van der Waals surface area (Å²) in [4.78, 5) is 17.4. The van der Waals surface area contributed by atoms with Gasteiger partial charge >= 0.3 is 0 Å².